The molecule has 0 radical (unpaired) electrons. The van der Waals surface area contributed by atoms with E-state index < -0.39 is 0 Å². The lowest BCUT2D eigenvalue weighted by Gasteiger charge is -2.19. The monoisotopic (exact) mass is 334 g/mol. The molecule has 6 nitrogen and oxygen atoms in total. The molecule has 0 saturated carbocycles. The summed E-state index contributed by atoms with van der Waals surface area (Å²) in [5, 5.41) is 2.86. The number of aromatic nitrogens is 2. The number of urea groups is 1. The van der Waals surface area contributed by atoms with Crippen LogP contribution in [0.4, 0.5) is 10.5 Å². The van der Waals surface area contributed by atoms with E-state index in [2.05, 4.69) is 15.3 Å². The van der Waals surface area contributed by atoms with Crippen LogP contribution in [-0.4, -0.2) is 27.9 Å². The molecule has 0 unspecified atom stereocenters. The van der Waals surface area contributed by atoms with Gasteiger partial charge in [0.15, 0.2) is 5.75 Å². The van der Waals surface area contributed by atoms with Crippen LogP contribution in [0, 0.1) is 0 Å². The number of para-hydroxylation sites is 3. The summed E-state index contributed by atoms with van der Waals surface area (Å²) in [4.78, 5) is 22.1. The largest absolute Gasteiger partial charge is 0.455 e. The summed E-state index contributed by atoms with van der Waals surface area (Å²) in [6, 6.07) is 16.5. The summed E-state index contributed by atoms with van der Waals surface area (Å²) in [5.41, 5.74) is 1.32. The van der Waals surface area contributed by atoms with Crippen molar-refractivity contribution >= 4 is 11.7 Å². The van der Waals surface area contributed by atoms with Gasteiger partial charge in [-0.05, 0) is 24.3 Å². The molecule has 0 saturated heterocycles. The van der Waals surface area contributed by atoms with Gasteiger partial charge in [-0.3, -0.25) is 9.97 Å². The van der Waals surface area contributed by atoms with Gasteiger partial charge in [0.2, 0.25) is 0 Å². The van der Waals surface area contributed by atoms with E-state index >= 15 is 0 Å². The Kier molecular flexibility index (Phi) is 5.21. The zero-order valence-electron chi connectivity index (χ0n) is 13.8. The van der Waals surface area contributed by atoms with Crippen molar-refractivity contribution in [3.63, 3.8) is 0 Å². The van der Waals surface area contributed by atoms with E-state index in [4.69, 9.17) is 4.74 Å². The van der Waals surface area contributed by atoms with E-state index in [9.17, 15) is 4.79 Å². The van der Waals surface area contributed by atoms with E-state index in [-0.39, 0.29) is 6.03 Å². The minimum atomic E-state index is -0.255. The van der Waals surface area contributed by atoms with E-state index in [1.165, 1.54) is 4.90 Å². The van der Waals surface area contributed by atoms with Gasteiger partial charge in [-0.1, -0.05) is 30.3 Å². The van der Waals surface area contributed by atoms with E-state index in [1.807, 2.05) is 48.5 Å². The molecule has 0 aliphatic heterocycles. The molecule has 0 atom stereocenters. The molecule has 1 N–H and O–H groups in total. The Balaban J connectivity index is 1.69. The molecule has 25 heavy (non-hydrogen) atoms. The minimum Gasteiger partial charge on any atom is -0.455 e. The number of carbonyl (C=O) groups excluding carboxylic acids is 1. The quantitative estimate of drug-likeness (QED) is 0.767. The average molecular weight is 334 g/mol. The fourth-order valence-electron chi connectivity index (χ4n) is 2.21. The lowest BCUT2D eigenvalue weighted by atomic mass is 10.3. The lowest BCUT2D eigenvalue weighted by Crippen LogP contribution is -2.31. The SMILES string of the molecule is CN(Cc1cnccn1)C(=O)Nc1ccccc1Oc1ccccc1. The van der Waals surface area contributed by atoms with Gasteiger partial charge < -0.3 is 15.0 Å². The number of carbonyl (C=O) groups is 1. The van der Waals surface area contributed by atoms with E-state index in [0.29, 0.717) is 29.4 Å². The first kappa shape index (κ1) is 16.4. The Morgan fingerprint density at radius 3 is 2.60 bits per heavy atom. The molecule has 0 bridgehead atoms. The van der Waals surface area contributed by atoms with Crippen LogP contribution in [-0.2, 0) is 6.54 Å². The number of amides is 2. The number of ether oxygens (including phenoxy) is 1. The first-order chi connectivity index (χ1) is 12.2. The molecule has 1 heterocycles. The number of hydrogen-bond acceptors (Lipinski definition) is 4. The van der Waals surface area contributed by atoms with Crippen LogP contribution in [0.2, 0.25) is 0 Å². The van der Waals surface area contributed by atoms with Gasteiger partial charge in [0.1, 0.15) is 5.75 Å². The smallest absolute Gasteiger partial charge is 0.322 e. The van der Waals surface area contributed by atoms with Crippen molar-refractivity contribution < 1.29 is 9.53 Å². The zero-order chi connectivity index (χ0) is 17.5. The first-order valence-electron chi connectivity index (χ1n) is 7.81. The normalized spacial score (nSPS) is 10.1. The maximum Gasteiger partial charge on any atom is 0.322 e. The topological polar surface area (TPSA) is 67.4 Å². The first-order valence-corrected chi connectivity index (χ1v) is 7.81. The standard InChI is InChI=1S/C19H18N4O2/c1-23(14-15-13-20-11-12-21-15)19(24)22-17-9-5-6-10-18(17)25-16-7-3-2-4-8-16/h2-13H,14H2,1H3,(H,22,24). The minimum absolute atomic E-state index is 0.255. The molecular formula is C19H18N4O2. The Bertz CT molecular complexity index is 825. The fraction of sp³-hybridized carbons (Fsp3) is 0.105. The van der Waals surface area contributed by atoms with Crippen molar-refractivity contribution in [2.45, 2.75) is 6.54 Å². The third-order valence-corrected chi connectivity index (χ3v) is 3.46. The number of anilines is 1. The van der Waals surface area contributed by atoms with Gasteiger partial charge in [0.25, 0.3) is 0 Å². The van der Waals surface area contributed by atoms with Crippen molar-refractivity contribution in [1.82, 2.24) is 14.9 Å². The number of hydrogen-bond donors (Lipinski definition) is 1. The van der Waals surface area contributed by atoms with Crippen LogP contribution in [0.5, 0.6) is 11.5 Å². The van der Waals surface area contributed by atoms with E-state index in [0.717, 1.165) is 0 Å². The molecule has 0 fully saturated rings. The van der Waals surface area contributed by atoms with Crippen LogP contribution < -0.4 is 10.1 Å². The van der Waals surface area contributed by atoms with Crippen molar-refractivity contribution in [2.24, 2.45) is 0 Å². The lowest BCUT2D eigenvalue weighted by molar-refractivity contribution is 0.220. The Hall–Kier alpha value is -3.41. The number of nitrogens with one attached hydrogen (secondary N) is 1. The molecule has 2 amide bonds. The molecule has 0 aliphatic rings. The van der Waals surface area contributed by atoms with Gasteiger partial charge in [-0.15, -0.1) is 0 Å². The highest BCUT2D eigenvalue weighted by molar-refractivity contribution is 5.90. The van der Waals surface area contributed by atoms with Crippen LogP contribution in [0.25, 0.3) is 0 Å². The second-order valence-corrected chi connectivity index (χ2v) is 5.39. The maximum atomic E-state index is 12.4. The number of benzene rings is 2. The molecule has 2 aromatic carbocycles. The zero-order valence-corrected chi connectivity index (χ0v) is 13.8. The third-order valence-electron chi connectivity index (χ3n) is 3.46. The summed E-state index contributed by atoms with van der Waals surface area (Å²) in [6.07, 6.45) is 4.83. The highest BCUT2D eigenvalue weighted by Gasteiger charge is 2.13. The van der Waals surface area contributed by atoms with Gasteiger partial charge in [-0.25, -0.2) is 4.79 Å². The van der Waals surface area contributed by atoms with Crippen LogP contribution in [0.3, 0.4) is 0 Å². The highest BCUT2D eigenvalue weighted by atomic mass is 16.5. The predicted octanol–water partition coefficient (Wildman–Crippen LogP) is 3.93. The van der Waals surface area contributed by atoms with Gasteiger partial charge in [0, 0.05) is 19.4 Å². The number of nitrogens with zero attached hydrogens (tertiary/aromatic N) is 3. The predicted molar refractivity (Wildman–Crippen MR) is 95.5 cm³/mol. The number of rotatable bonds is 5. The molecule has 0 aliphatic carbocycles. The van der Waals surface area contributed by atoms with E-state index in [1.54, 1.807) is 31.7 Å². The van der Waals surface area contributed by atoms with Crippen molar-refractivity contribution in [1.29, 1.82) is 0 Å². The molecule has 6 heteroatoms. The second kappa shape index (κ2) is 7.92. The second-order valence-electron chi connectivity index (χ2n) is 5.39. The Labute approximate surface area is 146 Å². The van der Waals surface area contributed by atoms with Crippen LogP contribution >= 0.6 is 0 Å². The molecule has 126 valence electrons. The summed E-state index contributed by atoms with van der Waals surface area (Å²) in [5.74, 6) is 1.28. The molecule has 3 rings (SSSR count). The highest BCUT2D eigenvalue weighted by Crippen LogP contribution is 2.29. The van der Waals surface area contributed by atoms with Crippen molar-refractivity contribution in [3.8, 4) is 11.5 Å². The Morgan fingerprint density at radius 2 is 1.84 bits per heavy atom. The summed E-state index contributed by atoms with van der Waals surface area (Å²) in [7, 11) is 1.70. The van der Waals surface area contributed by atoms with Crippen LogP contribution in [0.15, 0.2) is 73.2 Å². The molecule has 3 aromatic rings. The summed E-state index contributed by atoms with van der Waals surface area (Å²) >= 11 is 0. The fourth-order valence-corrected chi connectivity index (χ4v) is 2.21. The van der Waals surface area contributed by atoms with Gasteiger partial charge in [0.05, 0.1) is 24.1 Å². The van der Waals surface area contributed by atoms with Crippen molar-refractivity contribution in [3.05, 3.63) is 78.9 Å². The molecule has 1 aromatic heterocycles. The van der Waals surface area contributed by atoms with Crippen LogP contribution in [0.1, 0.15) is 5.69 Å². The van der Waals surface area contributed by atoms with Crippen molar-refractivity contribution in [2.75, 3.05) is 12.4 Å². The Morgan fingerprint density at radius 1 is 1.08 bits per heavy atom. The molecule has 0 spiro atoms. The van der Waals surface area contributed by atoms with Gasteiger partial charge >= 0.3 is 6.03 Å². The summed E-state index contributed by atoms with van der Waals surface area (Å²) < 4.78 is 5.85. The average Bonchev–Trinajstić information content (AvgIpc) is 2.65. The summed E-state index contributed by atoms with van der Waals surface area (Å²) in [6.45, 7) is 0.362. The maximum absolute atomic E-state index is 12.4. The molecular weight excluding hydrogens is 316 g/mol. The third kappa shape index (κ3) is 4.54. The van der Waals surface area contributed by atoms with Gasteiger partial charge in [-0.2, -0.15) is 0 Å².